The van der Waals surface area contributed by atoms with Crippen molar-refractivity contribution in [3.05, 3.63) is 11.9 Å². The summed E-state index contributed by atoms with van der Waals surface area (Å²) in [6.07, 6.45) is 6.28. The van der Waals surface area contributed by atoms with Gasteiger partial charge in [0.1, 0.15) is 0 Å². The first-order valence-corrected chi connectivity index (χ1v) is 3.11. The largest absolute Gasteiger partial charge is 4.00 e. The van der Waals surface area contributed by atoms with Crippen LogP contribution in [-0.4, -0.2) is 6.04 Å². The summed E-state index contributed by atoms with van der Waals surface area (Å²) < 4.78 is 0. The van der Waals surface area contributed by atoms with Crippen LogP contribution < -0.4 is 0 Å². The molecule has 3 N–H and O–H groups in total. The van der Waals surface area contributed by atoms with E-state index in [2.05, 4.69) is 0 Å². The van der Waals surface area contributed by atoms with Gasteiger partial charge in [-0.3, -0.25) is 0 Å². The molecule has 0 unspecified atom stereocenters. The van der Waals surface area contributed by atoms with Gasteiger partial charge in [-0.2, -0.15) is 0 Å². The SMILES string of the molecule is [NH-]C1CCCCC1.[NH2-].[Pt+4]. The molecule has 2 nitrogen and oxygen atoms in total. The Bertz CT molecular complexity index is 53.0. The molecule has 0 aromatic heterocycles. The second-order valence-electron chi connectivity index (χ2n) is 2.33. The monoisotopic (exact) mass is 309 g/mol. The van der Waals surface area contributed by atoms with E-state index in [9.17, 15) is 0 Å². The zero-order valence-corrected chi connectivity index (χ0v) is 7.78. The van der Waals surface area contributed by atoms with Crippen molar-refractivity contribution in [2.24, 2.45) is 0 Å². The maximum Gasteiger partial charge on any atom is 4.00 e. The summed E-state index contributed by atoms with van der Waals surface area (Å²) in [5.41, 5.74) is 7.27. The van der Waals surface area contributed by atoms with Crippen LogP contribution in [0.2, 0.25) is 0 Å². The van der Waals surface area contributed by atoms with Gasteiger partial charge >= 0.3 is 21.1 Å². The number of hydrogen-bond donors (Lipinski definition) is 0. The number of nitrogens with two attached hydrogens (primary N) is 1. The van der Waals surface area contributed by atoms with Crippen molar-refractivity contribution in [1.29, 1.82) is 0 Å². The first kappa shape index (κ1) is 12.3. The van der Waals surface area contributed by atoms with Crippen LogP contribution in [0, 0.1) is 0 Å². The second-order valence-corrected chi connectivity index (χ2v) is 2.33. The average Bonchev–Trinajstić information content (AvgIpc) is 1.69. The van der Waals surface area contributed by atoms with Crippen molar-refractivity contribution in [3.63, 3.8) is 0 Å². The molecule has 0 heterocycles. The molecule has 1 rings (SSSR count). The topological polar surface area (TPSA) is 57.3 Å². The Morgan fingerprint density at radius 2 is 1.44 bits per heavy atom. The molecular weight excluding hydrogens is 295 g/mol. The molecule has 1 fully saturated rings. The molecule has 0 amide bonds. The van der Waals surface area contributed by atoms with Gasteiger partial charge in [-0.05, 0) is 0 Å². The van der Waals surface area contributed by atoms with Crippen LogP contribution >= 0.6 is 0 Å². The minimum atomic E-state index is 0. The summed E-state index contributed by atoms with van der Waals surface area (Å²) in [6.45, 7) is 0. The molecule has 0 aromatic carbocycles. The third-order valence-electron chi connectivity index (χ3n) is 1.61. The smallest absolute Gasteiger partial charge is 0.693 e. The van der Waals surface area contributed by atoms with Gasteiger partial charge in [0, 0.05) is 0 Å². The van der Waals surface area contributed by atoms with Crippen LogP contribution in [0.25, 0.3) is 11.9 Å². The van der Waals surface area contributed by atoms with Crippen LogP contribution in [-0.2, 0) is 21.1 Å². The third-order valence-corrected chi connectivity index (χ3v) is 1.61. The average molecular weight is 309 g/mol. The molecule has 0 atom stereocenters. The molecule has 0 aliphatic heterocycles. The van der Waals surface area contributed by atoms with E-state index in [-0.39, 0.29) is 33.3 Å². The number of nitrogens with one attached hydrogen (secondary N) is 1. The fraction of sp³-hybridized carbons (Fsp3) is 1.00. The van der Waals surface area contributed by atoms with Crippen molar-refractivity contribution in [1.82, 2.24) is 0 Å². The summed E-state index contributed by atoms with van der Waals surface area (Å²) in [4.78, 5) is 0. The standard InChI is InChI=1S/C6H12N.H2N.Pt/c7-6-4-2-1-3-5-6;;/h6-7H,1-5H2;1H2;/q2*-1;+4. The predicted molar refractivity (Wildman–Crippen MR) is 36.5 cm³/mol. The Morgan fingerprint density at radius 1 is 1.00 bits per heavy atom. The molecule has 0 saturated heterocycles. The molecule has 0 spiro atoms. The van der Waals surface area contributed by atoms with Crippen LogP contribution in [0.3, 0.4) is 0 Å². The van der Waals surface area contributed by atoms with Crippen LogP contribution in [0.5, 0.6) is 0 Å². The molecule has 1 aliphatic rings. The van der Waals surface area contributed by atoms with Gasteiger partial charge in [0.05, 0.1) is 0 Å². The minimum absolute atomic E-state index is 0. The maximum atomic E-state index is 7.27. The van der Waals surface area contributed by atoms with Crippen LogP contribution in [0.1, 0.15) is 32.1 Å². The van der Waals surface area contributed by atoms with Gasteiger partial charge in [0.15, 0.2) is 0 Å². The van der Waals surface area contributed by atoms with Crippen molar-refractivity contribution in [3.8, 4) is 0 Å². The van der Waals surface area contributed by atoms with Gasteiger partial charge in [-0.1, -0.05) is 32.1 Å². The van der Waals surface area contributed by atoms with E-state index in [4.69, 9.17) is 5.73 Å². The van der Waals surface area contributed by atoms with Gasteiger partial charge < -0.3 is 11.9 Å². The zero-order valence-electron chi connectivity index (χ0n) is 5.51. The summed E-state index contributed by atoms with van der Waals surface area (Å²) >= 11 is 0. The van der Waals surface area contributed by atoms with E-state index < -0.39 is 0 Å². The fourth-order valence-corrected chi connectivity index (χ4v) is 1.10. The number of hydrogen-bond acceptors (Lipinski definition) is 0. The Hall–Kier alpha value is 0.608. The zero-order chi connectivity index (χ0) is 5.11. The molecule has 1 aliphatic carbocycles. The van der Waals surface area contributed by atoms with E-state index in [0.717, 1.165) is 12.8 Å². The second kappa shape index (κ2) is 6.72. The van der Waals surface area contributed by atoms with E-state index >= 15 is 0 Å². The van der Waals surface area contributed by atoms with Gasteiger partial charge in [0.25, 0.3) is 0 Å². The van der Waals surface area contributed by atoms with Crippen molar-refractivity contribution >= 4 is 0 Å². The first-order valence-electron chi connectivity index (χ1n) is 3.11. The predicted octanol–water partition coefficient (Wildman–Crippen LogP) is 3.09. The van der Waals surface area contributed by atoms with E-state index in [0.29, 0.717) is 0 Å². The molecule has 56 valence electrons. The van der Waals surface area contributed by atoms with Crippen LogP contribution in [0.15, 0.2) is 0 Å². The number of rotatable bonds is 0. The molecule has 1 saturated carbocycles. The van der Waals surface area contributed by atoms with E-state index in [1.807, 2.05) is 0 Å². The van der Waals surface area contributed by atoms with Gasteiger partial charge in [-0.15, -0.1) is 6.04 Å². The Balaban J connectivity index is 0. The van der Waals surface area contributed by atoms with Crippen LogP contribution in [0.4, 0.5) is 0 Å². The normalized spacial score (nSPS) is 19.7. The Kier molecular flexibility index (Phi) is 9.19. The quantitative estimate of drug-likeness (QED) is 0.660. The van der Waals surface area contributed by atoms with Gasteiger partial charge in [-0.25, -0.2) is 0 Å². The first-order chi connectivity index (χ1) is 3.39. The molecule has 0 bridgehead atoms. The summed E-state index contributed by atoms with van der Waals surface area (Å²) in [7, 11) is 0. The molecular formula is C6H14N2Pt+2. The molecule has 0 radical (unpaired) electrons. The van der Waals surface area contributed by atoms with Crippen molar-refractivity contribution in [2.75, 3.05) is 0 Å². The van der Waals surface area contributed by atoms with E-state index in [1.54, 1.807) is 0 Å². The Labute approximate surface area is 71.4 Å². The summed E-state index contributed by atoms with van der Waals surface area (Å²) in [6, 6.07) is 0.286. The third kappa shape index (κ3) is 5.07. The minimum Gasteiger partial charge on any atom is -0.693 e. The molecule has 9 heavy (non-hydrogen) atoms. The summed E-state index contributed by atoms with van der Waals surface area (Å²) in [5, 5.41) is 0. The molecule has 3 heteroatoms. The summed E-state index contributed by atoms with van der Waals surface area (Å²) in [5.74, 6) is 0. The van der Waals surface area contributed by atoms with Gasteiger partial charge in [0.2, 0.25) is 0 Å². The van der Waals surface area contributed by atoms with Crippen molar-refractivity contribution in [2.45, 2.75) is 38.1 Å². The van der Waals surface area contributed by atoms with E-state index in [1.165, 1.54) is 19.3 Å². The van der Waals surface area contributed by atoms with Crippen molar-refractivity contribution < 1.29 is 21.1 Å². The molecule has 0 aromatic rings. The fourth-order valence-electron chi connectivity index (χ4n) is 1.10. The maximum absolute atomic E-state index is 7.27. The Morgan fingerprint density at radius 3 is 1.67 bits per heavy atom.